The first-order valence-electron chi connectivity index (χ1n) is 6.78. The van der Waals surface area contributed by atoms with Crippen LogP contribution in [0, 0.1) is 0 Å². The molecule has 0 atom stereocenters. The lowest BCUT2D eigenvalue weighted by Gasteiger charge is -2.12. The highest BCUT2D eigenvalue weighted by atomic mass is 16.5. The third-order valence-electron chi connectivity index (χ3n) is 2.58. The van der Waals surface area contributed by atoms with E-state index in [4.69, 9.17) is 9.47 Å². The lowest BCUT2D eigenvalue weighted by molar-refractivity contribution is -0.127. The standard InChI is InChI=1S/C15H20N2O5/c1-10(2)17-14(19)7-16-15(20)9-22-12-5-4-11(8-18)6-13(12)21-3/h4-6,8,10H,7,9H2,1-3H3,(H,16,20)(H,17,19). The summed E-state index contributed by atoms with van der Waals surface area (Å²) in [6.45, 7) is 3.30. The van der Waals surface area contributed by atoms with Gasteiger partial charge in [-0.25, -0.2) is 0 Å². The fourth-order valence-corrected chi connectivity index (χ4v) is 1.62. The van der Waals surface area contributed by atoms with Gasteiger partial charge in [-0.15, -0.1) is 0 Å². The summed E-state index contributed by atoms with van der Waals surface area (Å²) < 4.78 is 10.4. The number of carbonyl (C=O) groups is 3. The van der Waals surface area contributed by atoms with E-state index in [0.717, 1.165) is 0 Å². The first kappa shape index (κ1) is 17.5. The second-order valence-corrected chi connectivity index (χ2v) is 4.82. The maximum atomic E-state index is 11.6. The molecule has 1 aromatic carbocycles. The zero-order valence-corrected chi connectivity index (χ0v) is 12.8. The number of ether oxygens (including phenoxy) is 2. The van der Waals surface area contributed by atoms with Crippen LogP contribution in [-0.4, -0.2) is 44.4 Å². The van der Waals surface area contributed by atoms with Gasteiger partial charge < -0.3 is 20.1 Å². The Morgan fingerprint density at radius 1 is 1.23 bits per heavy atom. The highest BCUT2D eigenvalue weighted by Gasteiger charge is 2.10. The van der Waals surface area contributed by atoms with Crippen molar-refractivity contribution in [1.82, 2.24) is 10.6 Å². The van der Waals surface area contributed by atoms with Crippen molar-refractivity contribution >= 4 is 18.1 Å². The number of amides is 2. The molecule has 0 aliphatic heterocycles. The van der Waals surface area contributed by atoms with E-state index in [9.17, 15) is 14.4 Å². The summed E-state index contributed by atoms with van der Waals surface area (Å²) in [5.41, 5.74) is 0.444. The summed E-state index contributed by atoms with van der Waals surface area (Å²) in [4.78, 5) is 33.7. The van der Waals surface area contributed by atoms with Gasteiger partial charge in [0, 0.05) is 11.6 Å². The van der Waals surface area contributed by atoms with Crippen molar-refractivity contribution in [1.29, 1.82) is 0 Å². The molecule has 0 radical (unpaired) electrons. The van der Waals surface area contributed by atoms with Gasteiger partial charge in [0.1, 0.15) is 6.29 Å². The van der Waals surface area contributed by atoms with E-state index in [1.807, 2.05) is 13.8 Å². The van der Waals surface area contributed by atoms with Gasteiger partial charge >= 0.3 is 0 Å². The molecule has 0 unspecified atom stereocenters. The molecule has 120 valence electrons. The van der Waals surface area contributed by atoms with E-state index in [1.54, 1.807) is 12.1 Å². The van der Waals surface area contributed by atoms with Crippen LogP contribution in [0.25, 0.3) is 0 Å². The van der Waals surface area contributed by atoms with E-state index < -0.39 is 5.91 Å². The summed E-state index contributed by atoms with van der Waals surface area (Å²) in [5.74, 6) is 0.00141. The molecule has 22 heavy (non-hydrogen) atoms. The lowest BCUT2D eigenvalue weighted by Crippen LogP contribution is -2.41. The Hall–Kier alpha value is -2.57. The highest BCUT2D eigenvalue weighted by Crippen LogP contribution is 2.27. The number of benzene rings is 1. The van der Waals surface area contributed by atoms with Crippen molar-refractivity contribution in [2.24, 2.45) is 0 Å². The summed E-state index contributed by atoms with van der Waals surface area (Å²) in [6, 6.07) is 4.62. The number of aldehydes is 1. The maximum absolute atomic E-state index is 11.6. The summed E-state index contributed by atoms with van der Waals surface area (Å²) in [5, 5.41) is 5.10. The molecule has 0 heterocycles. The van der Waals surface area contributed by atoms with Gasteiger partial charge in [-0.1, -0.05) is 0 Å². The monoisotopic (exact) mass is 308 g/mol. The Morgan fingerprint density at radius 3 is 2.55 bits per heavy atom. The first-order chi connectivity index (χ1) is 10.5. The van der Waals surface area contributed by atoms with Crippen LogP contribution in [0.4, 0.5) is 0 Å². The molecule has 0 aromatic heterocycles. The zero-order chi connectivity index (χ0) is 16.5. The molecule has 7 heteroatoms. The van der Waals surface area contributed by atoms with Gasteiger partial charge in [0.05, 0.1) is 13.7 Å². The normalized spacial score (nSPS) is 10.0. The van der Waals surface area contributed by atoms with E-state index in [0.29, 0.717) is 23.3 Å². The summed E-state index contributed by atoms with van der Waals surface area (Å²) >= 11 is 0. The zero-order valence-electron chi connectivity index (χ0n) is 12.8. The third kappa shape index (κ3) is 5.82. The van der Waals surface area contributed by atoms with Crippen molar-refractivity contribution in [3.05, 3.63) is 23.8 Å². The Labute approximate surface area is 129 Å². The number of hydrogen-bond donors (Lipinski definition) is 2. The van der Waals surface area contributed by atoms with Crippen molar-refractivity contribution < 1.29 is 23.9 Å². The quantitative estimate of drug-likeness (QED) is 0.683. The van der Waals surface area contributed by atoms with Crippen LogP contribution >= 0.6 is 0 Å². The minimum Gasteiger partial charge on any atom is -0.493 e. The minimum absolute atomic E-state index is 0.0150. The predicted octanol–water partition coefficient (Wildman–Crippen LogP) is 0.527. The van der Waals surface area contributed by atoms with Crippen molar-refractivity contribution in [2.45, 2.75) is 19.9 Å². The first-order valence-corrected chi connectivity index (χ1v) is 6.78. The average molecular weight is 308 g/mol. The van der Waals surface area contributed by atoms with Crippen LogP contribution in [0.5, 0.6) is 11.5 Å². The second-order valence-electron chi connectivity index (χ2n) is 4.82. The molecule has 0 aliphatic carbocycles. The van der Waals surface area contributed by atoms with E-state index in [2.05, 4.69) is 10.6 Å². The Morgan fingerprint density at radius 2 is 1.95 bits per heavy atom. The SMILES string of the molecule is COc1cc(C=O)ccc1OCC(=O)NCC(=O)NC(C)C. The Kier molecular flexibility index (Phi) is 6.88. The van der Waals surface area contributed by atoms with Gasteiger partial charge in [0.25, 0.3) is 5.91 Å². The molecule has 0 spiro atoms. The number of carbonyl (C=O) groups excluding carboxylic acids is 3. The van der Waals surface area contributed by atoms with Crippen LogP contribution in [-0.2, 0) is 9.59 Å². The van der Waals surface area contributed by atoms with Gasteiger partial charge in [-0.3, -0.25) is 14.4 Å². The van der Waals surface area contributed by atoms with Gasteiger partial charge in [-0.05, 0) is 32.0 Å². The molecule has 2 amide bonds. The van der Waals surface area contributed by atoms with Gasteiger partial charge in [0.2, 0.25) is 5.91 Å². The average Bonchev–Trinajstić information content (AvgIpc) is 2.50. The van der Waals surface area contributed by atoms with Crippen molar-refractivity contribution in [3.63, 3.8) is 0 Å². The van der Waals surface area contributed by atoms with Crippen molar-refractivity contribution in [3.8, 4) is 11.5 Å². The van der Waals surface area contributed by atoms with E-state index >= 15 is 0 Å². The number of hydrogen-bond acceptors (Lipinski definition) is 5. The molecule has 0 saturated carbocycles. The molecule has 0 saturated heterocycles. The fourth-order valence-electron chi connectivity index (χ4n) is 1.62. The number of rotatable bonds is 8. The van der Waals surface area contributed by atoms with Crippen LogP contribution in [0.15, 0.2) is 18.2 Å². The van der Waals surface area contributed by atoms with Crippen LogP contribution in [0.2, 0.25) is 0 Å². The van der Waals surface area contributed by atoms with E-state index in [-0.39, 0.29) is 25.1 Å². The number of methoxy groups -OCH3 is 1. The number of nitrogens with one attached hydrogen (secondary N) is 2. The highest BCUT2D eigenvalue weighted by molar-refractivity contribution is 5.85. The Bertz CT molecular complexity index is 543. The molecule has 2 N–H and O–H groups in total. The molecular weight excluding hydrogens is 288 g/mol. The van der Waals surface area contributed by atoms with Gasteiger partial charge in [0.15, 0.2) is 18.1 Å². The molecule has 1 rings (SSSR count). The van der Waals surface area contributed by atoms with Crippen molar-refractivity contribution in [2.75, 3.05) is 20.3 Å². The lowest BCUT2D eigenvalue weighted by atomic mass is 10.2. The molecule has 1 aromatic rings. The molecular formula is C15H20N2O5. The summed E-state index contributed by atoms with van der Waals surface area (Å²) in [6.07, 6.45) is 0.687. The maximum Gasteiger partial charge on any atom is 0.258 e. The van der Waals surface area contributed by atoms with Crippen LogP contribution in [0.1, 0.15) is 24.2 Å². The molecule has 0 bridgehead atoms. The molecule has 0 fully saturated rings. The van der Waals surface area contributed by atoms with E-state index in [1.165, 1.54) is 13.2 Å². The predicted molar refractivity (Wildman–Crippen MR) is 80.2 cm³/mol. The minimum atomic E-state index is -0.430. The summed E-state index contributed by atoms with van der Waals surface area (Å²) in [7, 11) is 1.44. The molecule has 7 nitrogen and oxygen atoms in total. The van der Waals surface area contributed by atoms with Crippen LogP contribution < -0.4 is 20.1 Å². The fraction of sp³-hybridized carbons (Fsp3) is 0.400. The third-order valence-corrected chi connectivity index (χ3v) is 2.58. The smallest absolute Gasteiger partial charge is 0.258 e. The van der Waals surface area contributed by atoms with Gasteiger partial charge in [-0.2, -0.15) is 0 Å². The topological polar surface area (TPSA) is 93.7 Å². The largest absolute Gasteiger partial charge is 0.493 e. The molecule has 0 aliphatic rings. The Balaban J connectivity index is 2.47. The van der Waals surface area contributed by atoms with Crippen LogP contribution in [0.3, 0.4) is 0 Å². The second kappa shape index (κ2) is 8.66.